The molecule has 0 atom stereocenters. The van der Waals surface area contributed by atoms with Crippen LogP contribution < -0.4 is 4.74 Å². The first-order valence-corrected chi connectivity index (χ1v) is 5.59. The van der Waals surface area contributed by atoms with Crippen LogP contribution in [0.3, 0.4) is 0 Å². The minimum absolute atomic E-state index is 0.308. The lowest BCUT2D eigenvalue weighted by molar-refractivity contribution is 0.451. The molecule has 3 nitrogen and oxygen atoms in total. The maximum Gasteiger partial charge on any atom is 0.149 e. The molecule has 0 spiro atoms. The lowest BCUT2D eigenvalue weighted by atomic mass is 10.2. The molecule has 0 aliphatic heterocycles. The highest BCUT2D eigenvalue weighted by Gasteiger charge is 2.03. The quantitative estimate of drug-likeness (QED) is 0.516. The van der Waals surface area contributed by atoms with Gasteiger partial charge in [-0.3, -0.25) is 4.98 Å². The van der Waals surface area contributed by atoms with Gasteiger partial charge in [-0.05, 0) is 16.2 Å². The Kier molecular flexibility index (Phi) is 5.03. The first kappa shape index (κ1) is 11.9. The van der Waals surface area contributed by atoms with Gasteiger partial charge >= 0.3 is 0 Å². The number of pyridine rings is 1. The molecule has 78 valence electrons. The molecule has 0 saturated carbocycles. The van der Waals surface area contributed by atoms with Gasteiger partial charge in [0.1, 0.15) is 11.5 Å². The molecule has 1 N–H and O–H groups in total. The molecule has 0 amide bonds. The zero-order valence-electron chi connectivity index (χ0n) is 8.11. The van der Waals surface area contributed by atoms with Crippen molar-refractivity contribution < 1.29 is 4.74 Å². The van der Waals surface area contributed by atoms with E-state index in [1.54, 1.807) is 12.3 Å². The number of hydrogen-bond acceptors (Lipinski definition) is 3. The van der Waals surface area contributed by atoms with Crippen LogP contribution in [0.25, 0.3) is 0 Å². The van der Waals surface area contributed by atoms with Gasteiger partial charge in [0.15, 0.2) is 0 Å². The number of allylic oxidation sites excluding steroid dienone is 2. The molecule has 0 saturated heterocycles. The Morgan fingerprint density at radius 3 is 3.13 bits per heavy atom. The second kappa shape index (κ2) is 6.34. The highest BCUT2D eigenvalue weighted by Crippen LogP contribution is 2.18. The third-order valence-electron chi connectivity index (χ3n) is 1.65. The van der Waals surface area contributed by atoms with E-state index in [2.05, 4.69) is 34.2 Å². The lowest BCUT2D eigenvalue weighted by Crippen LogP contribution is -1.99. The average Bonchev–Trinajstić information content (AvgIpc) is 2.28. The van der Waals surface area contributed by atoms with Gasteiger partial charge in [0.25, 0.3) is 0 Å². The summed E-state index contributed by atoms with van der Waals surface area (Å²) in [5.74, 6) is 0.961. The normalized spacial score (nSPS) is 10.2. The van der Waals surface area contributed by atoms with Gasteiger partial charge in [-0.1, -0.05) is 35.2 Å². The van der Waals surface area contributed by atoms with Crippen LogP contribution in [0.4, 0.5) is 0 Å². The van der Waals surface area contributed by atoms with Crippen LogP contribution in [0.1, 0.15) is 5.69 Å². The number of ether oxygens (including phenoxy) is 1. The van der Waals surface area contributed by atoms with E-state index in [-0.39, 0.29) is 0 Å². The smallest absolute Gasteiger partial charge is 0.149 e. The number of aromatic nitrogens is 1. The minimum atomic E-state index is 0.308. The molecular weight excluding hydrogens is 303 g/mol. The summed E-state index contributed by atoms with van der Waals surface area (Å²) >= 11 is 2.16. The summed E-state index contributed by atoms with van der Waals surface area (Å²) < 4.78 is 7.29. The molecule has 1 rings (SSSR count). The van der Waals surface area contributed by atoms with Gasteiger partial charge in [0.05, 0.1) is 11.9 Å². The monoisotopic (exact) mass is 314 g/mol. The zero-order chi connectivity index (χ0) is 11.1. The summed E-state index contributed by atoms with van der Waals surface area (Å²) in [6.45, 7) is 3.58. The summed E-state index contributed by atoms with van der Waals surface area (Å²) in [5, 5.41) is 6.98. The zero-order valence-corrected chi connectivity index (χ0v) is 10.3. The summed E-state index contributed by atoms with van der Waals surface area (Å²) in [4.78, 5) is 4.21. The minimum Gasteiger partial charge on any atom is -0.454 e. The van der Waals surface area contributed by atoms with Crippen molar-refractivity contribution in [1.29, 1.82) is 5.41 Å². The molecular formula is C11H11IN2O. The Hall–Kier alpha value is -1.17. The first-order valence-electron chi connectivity index (χ1n) is 4.34. The molecule has 0 fully saturated rings. The SMILES string of the molecule is C=C(C=N)Oc1cccnc1C/C=C\I. The van der Waals surface area contributed by atoms with Crippen molar-refractivity contribution in [2.45, 2.75) is 6.42 Å². The summed E-state index contributed by atoms with van der Waals surface area (Å²) in [7, 11) is 0. The van der Waals surface area contributed by atoms with Crippen LogP contribution in [0, 0.1) is 5.41 Å². The molecule has 0 radical (unpaired) electrons. The Labute approximate surface area is 103 Å². The molecule has 0 aromatic carbocycles. The molecule has 4 heteroatoms. The second-order valence-corrected chi connectivity index (χ2v) is 3.45. The molecule has 1 aromatic rings. The van der Waals surface area contributed by atoms with E-state index in [9.17, 15) is 0 Å². The van der Waals surface area contributed by atoms with Crippen molar-refractivity contribution in [3.8, 4) is 5.75 Å². The van der Waals surface area contributed by atoms with E-state index in [0.717, 1.165) is 11.9 Å². The van der Waals surface area contributed by atoms with Crippen molar-refractivity contribution in [3.05, 3.63) is 46.5 Å². The van der Waals surface area contributed by atoms with Crippen LogP contribution in [0.2, 0.25) is 0 Å². The van der Waals surface area contributed by atoms with Crippen molar-refractivity contribution in [1.82, 2.24) is 4.98 Å². The first-order chi connectivity index (χ1) is 7.27. The van der Waals surface area contributed by atoms with Gasteiger partial charge in [-0.2, -0.15) is 0 Å². The van der Waals surface area contributed by atoms with Crippen LogP contribution in [0.5, 0.6) is 5.75 Å². The summed E-state index contributed by atoms with van der Waals surface area (Å²) in [6, 6.07) is 3.61. The van der Waals surface area contributed by atoms with E-state index in [1.807, 2.05) is 16.2 Å². The second-order valence-electron chi connectivity index (χ2n) is 2.73. The molecule has 0 aliphatic carbocycles. The summed E-state index contributed by atoms with van der Waals surface area (Å²) in [5.41, 5.74) is 0.841. The van der Waals surface area contributed by atoms with Gasteiger partial charge in [0, 0.05) is 12.6 Å². The Morgan fingerprint density at radius 2 is 2.47 bits per heavy atom. The number of hydrogen-bond donors (Lipinski definition) is 1. The van der Waals surface area contributed by atoms with Gasteiger partial charge in [-0.25, -0.2) is 0 Å². The van der Waals surface area contributed by atoms with E-state index >= 15 is 0 Å². The van der Waals surface area contributed by atoms with Crippen molar-refractivity contribution in [2.24, 2.45) is 0 Å². The summed E-state index contributed by atoms with van der Waals surface area (Å²) in [6.07, 6.45) is 5.49. The standard InChI is InChI=1S/C11H11IN2O/c1-9(8-13)15-11-5-3-7-14-10(11)4-2-6-12/h2-3,5-8,13H,1,4H2/b6-2-,13-8?. The van der Waals surface area contributed by atoms with Crippen LogP contribution in [-0.2, 0) is 6.42 Å². The van der Waals surface area contributed by atoms with E-state index in [0.29, 0.717) is 17.9 Å². The molecule has 0 aliphatic rings. The third kappa shape index (κ3) is 3.83. The van der Waals surface area contributed by atoms with Crippen molar-refractivity contribution in [3.63, 3.8) is 0 Å². The van der Waals surface area contributed by atoms with Crippen LogP contribution in [0.15, 0.2) is 40.8 Å². The maximum absolute atomic E-state index is 6.98. The number of rotatable bonds is 5. The van der Waals surface area contributed by atoms with E-state index in [1.165, 1.54) is 0 Å². The highest BCUT2D eigenvalue weighted by atomic mass is 127. The highest BCUT2D eigenvalue weighted by molar-refractivity contribution is 14.1. The molecule has 0 unspecified atom stereocenters. The van der Waals surface area contributed by atoms with E-state index < -0.39 is 0 Å². The van der Waals surface area contributed by atoms with Crippen molar-refractivity contribution >= 4 is 28.8 Å². The topological polar surface area (TPSA) is 46.0 Å². The van der Waals surface area contributed by atoms with Gasteiger partial charge in [0.2, 0.25) is 0 Å². The lowest BCUT2D eigenvalue weighted by Gasteiger charge is -2.07. The molecule has 1 aromatic heterocycles. The van der Waals surface area contributed by atoms with Gasteiger partial charge in [-0.15, -0.1) is 0 Å². The predicted octanol–water partition coefficient (Wildman–Crippen LogP) is 3.11. The number of nitrogens with zero attached hydrogens (tertiary/aromatic N) is 1. The Balaban J connectivity index is 2.85. The fraction of sp³-hybridized carbons (Fsp3) is 0.0909. The fourth-order valence-electron chi connectivity index (χ4n) is 0.996. The molecule has 0 bridgehead atoms. The van der Waals surface area contributed by atoms with Crippen molar-refractivity contribution in [2.75, 3.05) is 0 Å². The maximum atomic E-state index is 6.98. The van der Waals surface area contributed by atoms with Gasteiger partial charge < -0.3 is 10.1 Å². The number of halogens is 1. The van der Waals surface area contributed by atoms with E-state index in [4.69, 9.17) is 10.1 Å². The Morgan fingerprint density at radius 1 is 1.67 bits per heavy atom. The molecule has 15 heavy (non-hydrogen) atoms. The van der Waals surface area contributed by atoms with Crippen LogP contribution in [-0.4, -0.2) is 11.2 Å². The number of nitrogens with one attached hydrogen (secondary N) is 1. The third-order valence-corrected chi connectivity index (χ3v) is 2.16. The van der Waals surface area contributed by atoms with Crippen LogP contribution >= 0.6 is 22.6 Å². The largest absolute Gasteiger partial charge is 0.454 e. The average molecular weight is 314 g/mol. The molecule has 1 heterocycles. The fourth-order valence-corrected chi connectivity index (χ4v) is 1.25. The Bertz CT molecular complexity index is 388. The predicted molar refractivity (Wildman–Crippen MR) is 69.7 cm³/mol.